The van der Waals surface area contributed by atoms with Crippen molar-refractivity contribution in [2.24, 2.45) is 10.4 Å². The number of phenolic OH excluding ortho intramolecular Hbond substituents is 1. The van der Waals surface area contributed by atoms with Gasteiger partial charge in [0, 0.05) is 17.3 Å². The van der Waals surface area contributed by atoms with Crippen LogP contribution in [0.2, 0.25) is 0 Å². The zero-order valence-corrected chi connectivity index (χ0v) is 20.8. The van der Waals surface area contributed by atoms with Crippen LogP contribution in [0.4, 0.5) is 0 Å². The molecule has 2 rings (SSSR count). The fourth-order valence-corrected chi connectivity index (χ4v) is 3.61. The molecule has 2 atom stereocenters. The predicted octanol–water partition coefficient (Wildman–Crippen LogP) is 6.42. The van der Waals surface area contributed by atoms with Crippen LogP contribution in [0.3, 0.4) is 0 Å². The number of aliphatic hydroxyl groups is 1. The fourth-order valence-electron chi connectivity index (χ4n) is 3.61. The second-order valence-electron chi connectivity index (χ2n) is 11.8. The van der Waals surface area contributed by atoms with Crippen LogP contribution in [-0.2, 0) is 17.3 Å². The Morgan fingerprint density at radius 1 is 0.871 bits per heavy atom. The van der Waals surface area contributed by atoms with Gasteiger partial charge in [0.15, 0.2) is 0 Å². The number of hydrogen-bond acceptors (Lipinski definition) is 3. The van der Waals surface area contributed by atoms with Crippen LogP contribution in [0.5, 0.6) is 5.75 Å². The third-order valence-electron chi connectivity index (χ3n) is 5.76. The maximum absolute atomic E-state index is 11.1. The molecule has 2 N–H and O–H groups in total. The third-order valence-corrected chi connectivity index (χ3v) is 5.76. The normalized spacial score (nSPS) is 15.3. The highest BCUT2D eigenvalue weighted by Gasteiger charge is 2.30. The van der Waals surface area contributed by atoms with Gasteiger partial charge in [0.05, 0.1) is 12.1 Å². The summed E-state index contributed by atoms with van der Waals surface area (Å²) in [6.45, 7) is 18.9. The minimum Gasteiger partial charge on any atom is -0.507 e. The lowest BCUT2D eigenvalue weighted by molar-refractivity contribution is 0.0415. The van der Waals surface area contributed by atoms with Gasteiger partial charge in [-0.1, -0.05) is 98.7 Å². The molecule has 3 nitrogen and oxygen atoms in total. The first-order chi connectivity index (χ1) is 14.1. The quantitative estimate of drug-likeness (QED) is 0.545. The van der Waals surface area contributed by atoms with Gasteiger partial charge >= 0.3 is 0 Å². The van der Waals surface area contributed by atoms with Crippen LogP contribution in [0.1, 0.15) is 84.6 Å². The van der Waals surface area contributed by atoms with E-state index in [2.05, 4.69) is 59.7 Å². The molecule has 0 radical (unpaired) electrons. The molecule has 3 heteroatoms. The van der Waals surface area contributed by atoms with Gasteiger partial charge < -0.3 is 10.2 Å². The first-order valence-corrected chi connectivity index (χ1v) is 11.2. The summed E-state index contributed by atoms with van der Waals surface area (Å²) < 4.78 is 0. The average molecular weight is 424 g/mol. The van der Waals surface area contributed by atoms with Crippen molar-refractivity contribution in [1.82, 2.24) is 0 Å². The summed E-state index contributed by atoms with van der Waals surface area (Å²) >= 11 is 0. The Labute approximate surface area is 189 Å². The van der Waals surface area contributed by atoms with Crippen molar-refractivity contribution in [1.29, 1.82) is 0 Å². The summed E-state index contributed by atoms with van der Waals surface area (Å²) in [5.41, 5.74) is 3.37. The van der Waals surface area contributed by atoms with E-state index in [1.54, 1.807) is 6.21 Å². The number of aliphatic hydroxyl groups excluding tert-OH is 1. The van der Waals surface area contributed by atoms with E-state index in [0.29, 0.717) is 12.0 Å². The number of rotatable bonds is 5. The number of aliphatic imine (C=N–C) groups is 1. The van der Waals surface area contributed by atoms with Crippen LogP contribution in [-0.4, -0.2) is 28.6 Å². The lowest BCUT2D eigenvalue weighted by Gasteiger charge is -2.31. The molecule has 31 heavy (non-hydrogen) atoms. The molecule has 0 spiro atoms. The van der Waals surface area contributed by atoms with Crippen molar-refractivity contribution in [2.45, 2.75) is 91.7 Å². The van der Waals surface area contributed by atoms with Gasteiger partial charge in [0.1, 0.15) is 5.75 Å². The highest BCUT2D eigenvalue weighted by molar-refractivity contribution is 5.85. The number of benzene rings is 2. The van der Waals surface area contributed by atoms with E-state index in [1.807, 2.05) is 45.0 Å². The van der Waals surface area contributed by atoms with E-state index in [1.165, 1.54) is 0 Å². The van der Waals surface area contributed by atoms with E-state index in [4.69, 9.17) is 4.99 Å². The molecule has 0 aromatic heterocycles. The molecule has 0 saturated heterocycles. The average Bonchev–Trinajstić information content (AvgIpc) is 2.63. The summed E-state index contributed by atoms with van der Waals surface area (Å²) in [5, 5.41) is 22.1. The topological polar surface area (TPSA) is 52.8 Å². The van der Waals surface area contributed by atoms with Crippen LogP contribution in [0.15, 0.2) is 47.5 Å². The molecule has 0 aliphatic heterocycles. The minimum atomic E-state index is -0.612. The summed E-state index contributed by atoms with van der Waals surface area (Å²) in [4.78, 5) is 4.83. The monoisotopic (exact) mass is 423 g/mol. The summed E-state index contributed by atoms with van der Waals surface area (Å²) in [7, 11) is 0. The second-order valence-corrected chi connectivity index (χ2v) is 11.8. The Hall–Kier alpha value is -2.13. The Morgan fingerprint density at radius 2 is 1.45 bits per heavy atom. The lowest BCUT2D eigenvalue weighted by atomic mass is 9.79. The highest BCUT2D eigenvalue weighted by Crippen LogP contribution is 2.37. The number of hydrogen-bond donors (Lipinski definition) is 2. The van der Waals surface area contributed by atoms with Crippen LogP contribution in [0, 0.1) is 5.41 Å². The maximum atomic E-state index is 11.1. The Balaban J connectivity index is 2.53. The van der Waals surface area contributed by atoms with Gasteiger partial charge in [-0.2, -0.15) is 0 Å². The molecule has 2 aromatic rings. The third kappa shape index (κ3) is 6.67. The van der Waals surface area contributed by atoms with Crippen molar-refractivity contribution in [3.05, 3.63) is 64.7 Å². The van der Waals surface area contributed by atoms with Gasteiger partial charge in [-0.15, -0.1) is 0 Å². The van der Waals surface area contributed by atoms with Gasteiger partial charge in [-0.25, -0.2) is 0 Å². The number of phenols is 1. The van der Waals surface area contributed by atoms with Gasteiger partial charge in [0.25, 0.3) is 0 Å². The molecule has 0 amide bonds. The van der Waals surface area contributed by atoms with Crippen molar-refractivity contribution in [3.63, 3.8) is 0 Å². The van der Waals surface area contributed by atoms with Crippen molar-refractivity contribution in [2.75, 3.05) is 0 Å². The fraction of sp³-hybridized carbons (Fsp3) is 0.536. The summed E-state index contributed by atoms with van der Waals surface area (Å²) in [6, 6.07) is 14.0. The van der Waals surface area contributed by atoms with Gasteiger partial charge in [0.2, 0.25) is 0 Å². The SMILES string of the molecule is CC(C)(C)c1cc(C=N[C@@H](Cc2ccccc2)[C@H](O)C(C)(C)C)c(O)c(C(C)(C)C)c1. The first-order valence-electron chi connectivity index (χ1n) is 11.2. The molecule has 170 valence electrons. The first kappa shape index (κ1) is 25.1. The standard InChI is InChI=1S/C28H41NO2/c1-26(2,3)21-16-20(24(30)22(17-21)27(4,5)6)18-29-23(25(31)28(7,8)9)15-19-13-11-10-12-14-19/h10-14,16-18,23,25,30-31H,15H2,1-9H3/t23-,25-/m0/s1. The largest absolute Gasteiger partial charge is 0.507 e. The summed E-state index contributed by atoms with van der Waals surface area (Å²) in [6.07, 6.45) is 1.78. The van der Waals surface area contributed by atoms with E-state index in [-0.39, 0.29) is 28.0 Å². The Morgan fingerprint density at radius 3 is 1.94 bits per heavy atom. The van der Waals surface area contributed by atoms with Gasteiger partial charge in [-0.05, 0) is 39.9 Å². The predicted molar refractivity (Wildman–Crippen MR) is 132 cm³/mol. The lowest BCUT2D eigenvalue weighted by Crippen LogP contribution is -2.38. The second kappa shape index (κ2) is 9.16. The van der Waals surface area contributed by atoms with E-state index < -0.39 is 6.10 Å². The van der Waals surface area contributed by atoms with E-state index in [0.717, 1.165) is 16.7 Å². The molecular formula is C28H41NO2. The Bertz CT molecular complexity index is 894. The molecule has 0 unspecified atom stereocenters. The molecule has 0 bridgehead atoms. The zero-order chi connectivity index (χ0) is 23.6. The highest BCUT2D eigenvalue weighted by atomic mass is 16.3. The van der Waals surface area contributed by atoms with Gasteiger partial charge in [-0.3, -0.25) is 4.99 Å². The van der Waals surface area contributed by atoms with Crippen LogP contribution < -0.4 is 0 Å². The molecular weight excluding hydrogens is 382 g/mol. The molecule has 0 fully saturated rings. The molecule has 2 aromatic carbocycles. The zero-order valence-electron chi connectivity index (χ0n) is 20.8. The number of aromatic hydroxyl groups is 1. The van der Waals surface area contributed by atoms with Crippen molar-refractivity contribution in [3.8, 4) is 5.75 Å². The molecule has 0 aliphatic carbocycles. The molecule has 0 aliphatic rings. The van der Waals surface area contributed by atoms with Crippen molar-refractivity contribution >= 4 is 6.21 Å². The van der Waals surface area contributed by atoms with E-state index in [9.17, 15) is 10.2 Å². The smallest absolute Gasteiger partial charge is 0.128 e. The van der Waals surface area contributed by atoms with Crippen molar-refractivity contribution < 1.29 is 10.2 Å². The van der Waals surface area contributed by atoms with E-state index >= 15 is 0 Å². The summed E-state index contributed by atoms with van der Waals surface area (Å²) in [5.74, 6) is 0.271. The Kier molecular flexibility index (Phi) is 7.43. The minimum absolute atomic E-state index is 0.0509. The maximum Gasteiger partial charge on any atom is 0.128 e. The van der Waals surface area contributed by atoms with Crippen LogP contribution in [0.25, 0.3) is 0 Å². The number of nitrogens with zero attached hydrogens (tertiary/aromatic N) is 1. The molecule has 0 saturated carbocycles. The molecule has 0 heterocycles. The van der Waals surface area contributed by atoms with Crippen LogP contribution >= 0.6 is 0 Å².